The van der Waals surface area contributed by atoms with Crippen LogP contribution in [0.2, 0.25) is 0 Å². The van der Waals surface area contributed by atoms with Crippen LogP contribution in [0.25, 0.3) is 0 Å². The van der Waals surface area contributed by atoms with Crippen LogP contribution in [0.1, 0.15) is 66.2 Å². The van der Waals surface area contributed by atoms with Gasteiger partial charge in [0.05, 0.1) is 14.2 Å². The van der Waals surface area contributed by atoms with E-state index in [1.807, 2.05) is 20.8 Å². The molecule has 0 saturated carbocycles. The van der Waals surface area contributed by atoms with Crippen LogP contribution >= 0.6 is 0 Å². The highest BCUT2D eigenvalue weighted by Gasteiger charge is 2.26. The van der Waals surface area contributed by atoms with E-state index in [-0.39, 0.29) is 5.41 Å². The maximum atomic E-state index is 12.1. The topological polar surface area (TPSA) is 52.6 Å². The Morgan fingerprint density at radius 1 is 0.857 bits per heavy atom. The third-order valence-electron chi connectivity index (χ3n) is 3.22. The number of carbonyl (C=O) groups excluding carboxylic acids is 2. The standard InChI is InChI=1S/C17H30O4/c1-7-8-9-10-11-13(15(18)20-5)14(16(19)21-6)12-17(2,3)4/h7-12H2,1-6H3. The highest BCUT2D eigenvalue weighted by molar-refractivity contribution is 6.00. The van der Waals surface area contributed by atoms with E-state index < -0.39 is 11.9 Å². The molecule has 0 aromatic rings. The van der Waals surface area contributed by atoms with Gasteiger partial charge in [0, 0.05) is 11.1 Å². The van der Waals surface area contributed by atoms with E-state index in [2.05, 4.69) is 6.92 Å². The number of rotatable bonds is 8. The van der Waals surface area contributed by atoms with Gasteiger partial charge in [-0.2, -0.15) is 0 Å². The minimum atomic E-state index is -0.430. The zero-order chi connectivity index (χ0) is 16.5. The van der Waals surface area contributed by atoms with Crippen molar-refractivity contribution in [1.82, 2.24) is 0 Å². The molecule has 0 aliphatic heterocycles. The minimum Gasteiger partial charge on any atom is -0.466 e. The van der Waals surface area contributed by atoms with Gasteiger partial charge in [-0.15, -0.1) is 0 Å². The molecule has 0 rings (SSSR count). The Hall–Kier alpha value is -1.32. The molecule has 0 radical (unpaired) electrons. The first kappa shape index (κ1) is 19.7. The summed E-state index contributed by atoms with van der Waals surface area (Å²) < 4.78 is 9.71. The Labute approximate surface area is 128 Å². The SMILES string of the molecule is CCCCCCC(C(=O)OC)=C(CC(C)(C)C)C(=O)OC. The van der Waals surface area contributed by atoms with Crippen molar-refractivity contribution in [2.45, 2.75) is 66.2 Å². The maximum absolute atomic E-state index is 12.1. The molecule has 0 atom stereocenters. The molecule has 122 valence electrons. The average Bonchev–Trinajstić information content (AvgIpc) is 2.42. The van der Waals surface area contributed by atoms with E-state index in [1.54, 1.807) is 0 Å². The Kier molecular flexibility index (Phi) is 8.98. The molecule has 4 nitrogen and oxygen atoms in total. The average molecular weight is 298 g/mol. The van der Waals surface area contributed by atoms with Gasteiger partial charge in [0.1, 0.15) is 0 Å². The summed E-state index contributed by atoms with van der Waals surface area (Å²) in [7, 11) is 2.69. The van der Waals surface area contributed by atoms with Crippen molar-refractivity contribution in [3.63, 3.8) is 0 Å². The Bertz CT molecular complexity index is 375. The fourth-order valence-corrected chi connectivity index (χ4v) is 2.18. The van der Waals surface area contributed by atoms with E-state index in [1.165, 1.54) is 14.2 Å². The maximum Gasteiger partial charge on any atom is 0.334 e. The number of carbonyl (C=O) groups is 2. The molecule has 0 N–H and O–H groups in total. The van der Waals surface area contributed by atoms with Gasteiger partial charge in [0.15, 0.2) is 0 Å². The predicted octanol–water partition coefficient (Wildman–Crippen LogP) is 4.04. The van der Waals surface area contributed by atoms with E-state index >= 15 is 0 Å². The summed E-state index contributed by atoms with van der Waals surface area (Å²) in [6.45, 7) is 8.22. The lowest BCUT2D eigenvalue weighted by atomic mass is 9.85. The number of unbranched alkanes of at least 4 members (excludes halogenated alkanes) is 3. The van der Waals surface area contributed by atoms with E-state index in [9.17, 15) is 9.59 Å². The molecule has 0 aliphatic rings. The quantitative estimate of drug-likeness (QED) is 0.385. The van der Waals surface area contributed by atoms with Crippen LogP contribution in [-0.4, -0.2) is 26.2 Å². The van der Waals surface area contributed by atoms with Crippen molar-refractivity contribution in [1.29, 1.82) is 0 Å². The van der Waals surface area contributed by atoms with Crippen molar-refractivity contribution >= 4 is 11.9 Å². The van der Waals surface area contributed by atoms with Crippen LogP contribution in [-0.2, 0) is 19.1 Å². The van der Waals surface area contributed by atoms with Crippen molar-refractivity contribution in [2.24, 2.45) is 5.41 Å². The Morgan fingerprint density at radius 3 is 1.81 bits per heavy atom. The smallest absolute Gasteiger partial charge is 0.334 e. The largest absolute Gasteiger partial charge is 0.466 e. The second kappa shape index (κ2) is 9.59. The molecule has 0 bridgehead atoms. The van der Waals surface area contributed by atoms with Gasteiger partial charge >= 0.3 is 11.9 Å². The van der Waals surface area contributed by atoms with E-state index in [0.717, 1.165) is 25.7 Å². The monoisotopic (exact) mass is 298 g/mol. The molecule has 0 aliphatic carbocycles. The predicted molar refractivity (Wildman–Crippen MR) is 83.9 cm³/mol. The summed E-state index contributed by atoms with van der Waals surface area (Å²) in [5.41, 5.74) is 0.815. The first-order chi connectivity index (χ1) is 9.76. The normalized spacial score (nSPS) is 12.7. The van der Waals surface area contributed by atoms with Gasteiger partial charge in [0.25, 0.3) is 0 Å². The summed E-state index contributed by atoms with van der Waals surface area (Å²) in [5.74, 6) is -0.850. The zero-order valence-corrected chi connectivity index (χ0v) is 14.4. The molecule has 4 heteroatoms. The third-order valence-corrected chi connectivity index (χ3v) is 3.22. The van der Waals surface area contributed by atoms with Crippen LogP contribution in [0.15, 0.2) is 11.1 Å². The molecular weight excluding hydrogens is 268 g/mol. The minimum absolute atomic E-state index is 0.105. The van der Waals surface area contributed by atoms with Crippen molar-refractivity contribution in [3.05, 3.63) is 11.1 Å². The molecule has 0 fully saturated rings. The van der Waals surface area contributed by atoms with E-state index in [0.29, 0.717) is 24.0 Å². The molecule has 0 aromatic heterocycles. The number of methoxy groups -OCH3 is 2. The fourth-order valence-electron chi connectivity index (χ4n) is 2.18. The van der Waals surface area contributed by atoms with Gasteiger partial charge in [-0.1, -0.05) is 47.0 Å². The highest BCUT2D eigenvalue weighted by atomic mass is 16.5. The number of esters is 2. The van der Waals surface area contributed by atoms with E-state index in [4.69, 9.17) is 9.47 Å². The van der Waals surface area contributed by atoms with Gasteiger partial charge < -0.3 is 9.47 Å². The third kappa shape index (κ3) is 7.88. The molecular formula is C17H30O4. The van der Waals surface area contributed by atoms with Crippen LogP contribution in [0.5, 0.6) is 0 Å². The number of hydrogen-bond acceptors (Lipinski definition) is 4. The molecule has 21 heavy (non-hydrogen) atoms. The lowest BCUT2D eigenvalue weighted by molar-refractivity contribution is -0.139. The van der Waals surface area contributed by atoms with Gasteiger partial charge in [-0.05, 0) is 24.7 Å². The molecule has 0 heterocycles. The van der Waals surface area contributed by atoms with Crippen LogP contribution in [0.4, 0.5) is 0 Å². The summed E-state index contributed by atoms with van der Waals surface area (Å²) in [5, 5.41) is 0. The molecule has 0 saturated heterocycles. The lowest BCUT2D eigenvalue weighted by Gasteiger charge is -2.21. The second-order valence-corrected chi connectivity index (χ2v) is 6.49. The van der Waals surface area contributed by atoms with Crippen molar-refractivity contribution in [3.8, 4) is 0 Å². The highest BCUT2D eigenvalue weighted by Crippen LogP contribution is 2.29. The van der Waals surface area contributed by atoms with Gasteiger partial charge in [-0.3, -0.25) is 0 Å². The Morgan fingerprint density at radius 2 is 1.38 bits per heavy atom. The first-order valence-electron chi connectivity index (χ1n) is 7.65. The molecule has 0 amide bonds. The van der Waals surface area contributed by atoms with Crippen LogP contribution < -0.4 is 0 Å². The first-order valence-corrected chi connectivity index (χ1v) is 7.65. The Balaban J connectivity index is 5.36. The molecule has 0 aromatic carbocycles. The fraction of sp³-hybridized carbons (Fsp3) is 0.765. The molecule has 0 spiro atoms. The van der Waals surface area contributed by atoms with Gasteiger partial charge in [0.2, 0.25) is 0 Å². The summed E-state index contributed by atoms with van der Waals surface area (Å²) in [6.07, 6.45) is 5.24. The van der Waals surface area contributed by atoms with Crippen molar-refractivity contribution in [2.75, 3.05) is 14.2 Å². The summed E-state index contributed by atoms with van der Waals surface area (Å²) in [4.78, 5) is 24.1. The number of hydrogen-bond donors (Lipinski definition) is 0. The van der Waals surface area contributed by atoms with Crippen molar-refractivity contribution < 1.29 is 19.1 Å². The zero-order valence-electron chi connectivity index (χ0n) is 14.4. The van der Waals surface area contributed by atoms with Gasteiger partial charge in [-0.25, -0.2) is 9.59 Å². The van der Waals surface area contributed by atoms with Crippen LogP contribution in [0, 0.1) is 5.41 Å². The second-order valence-electron chi connectivity index (χ2n) is 6.49. The number of ether oxygens (including phenoxy) is 2. The summed E-state index contributed by atoms with van der Waals surface area (Å²) in [6, 6.07) is 0. The summed E-state index contributed by atoms with van der Waals surface area (Å²) >= 11 is 0. The molecule has 0 unspecified atom stereocenters. The lowest BCUT2D eigenvalue weighted by Crippen LogP contribution is -2.19. The van der Waals surface area contributed by atoms with Crippen LogP contribution in [0.3, 0.4) is 0 Å².